The van der Waals surface area contributed by atoms with E-state index in [9.17, 15) is 9.18 Å². The summed E-state index contributed by atoms with van der Waals surface area (Å²) in [6, 6.07) is 13.4. The van der Waals surface area contributed by atoms with Gasteiger partial charge in [0.25, 0.3) is 5.91 Å². The van der Waals surface area contributed by atoms with Crippen LogP contribution in [0.4, 0.5) is 10.3 Å². The van der Waals surface area contributed by atoms with Gasteiger partial charge in [-0.15, -0.1) is 0 Å². The molecule has 2 aliphatic heterocycles. The van der Waals surface area contributed by atoms with Crippen LogP contribution in [-0.4, -0.2) is 53.7 Å². The lowest BCUT2D eigenvalue weighted by atomic mass is 10.1. The van der Waals surface area contributed by atoms with E-state index in [0.717, 1.165) is 17.0 Å². The third kappa shape index (κ3) is 3.52. The molecule has 3 heterocycles. The summed E-state index contributed by atoms with van der Waals surface area (Å²) in [5.74, 6) is 1.48. The van der Waals surface area contributed by atoms with E-state index < -0.39 is 5.82 Å². The number of amides is 1. The number of nitrogens with zero attached hydrogens (tertiary/aromatic N) is 4. The quantitative estimate of drug-likeness (QED) is 0.666. The Labute approximate surface area is 172 Å². The first kappa shape index (κ1) is 18.4. The van der Waals surface area contributed by atoms with Crippen molar-refractivity contribution in [1.29, 1.82) is 0 Å². The van der Waals surface area contributed by atoms with E-state index in [2.05, 4.69) is 4.98 Å². The van der Waals surface area contributed by atoms with Gasteiger partial charge in [-0.1, -0.05) is 6.07 Å². The average Bonchev–Trinajstić information content (AvgIpc) is 3.27. The van der Waals surface area contributed by atoms with Crippen LogP contribution >= 0.6 is 0 Å². The Morgan fingerprint density at radius 3 is 2.63 bits per heavy atom. The van der Waals surface area contributed by atoms with Crippen molar-refractivity contribution < 1.29 is 18.7 Å². The number of piperazine rings is 1. The number of hydrogen-bond acceptors (Lipinski definition) is 6. The standard InChI is InChI=1S/C22H19FN4O3/c23-17-3-1-2-16(12-17)21(28)26-8-10-27(11-9-26)22-24-7-6-18(25-22)15-4-5-19-20(13-15)30-14-29-19/h1-7,12-13H,8-11,14H2. The Morgan fingerprint density at radius 2 is 1.80 bits per heavy atom. The molecular weight excluding hydrogens is 387 g/mol. The maximum absolute atomic E-state index is 13.4. The summed E-state index contributed by atoms with van der Waals surface area (Å²) < 4.78 is 24.2. The number of ether oxygens (including phenoxy) is 2. The first-order valence-corrected chi connectivity index (χ1v) is 9.70. The van der Waals surface area contributed by atoms with E-state index in [1.54, 1.807) is 23.2 Å². The number of aromatic nitrogens is 2. The summed E-state index contributed by atoms with van der Waals surface area (Å²) in [4.78, 5) is 25.5. The highest BCUT2D eigenvalue weighted by Crippen LogP contribution is 2.35. The van der Waals surface area contributed by atoms with Crippen LogP contribution in [0.2, 0.25) is 0 Å². The van der Waals surface area contributed by atoms with Crippen LogP contribution in [0.25, 0.3) is 11.3 Å². The molecule has 0 unspecified atom stereocenters. The normalized spacial score (nSPS) is 15.4. The van der Waals surface area contributed by atoms with Gasteiger partial charge >= 0.3 is 0 Å². The fraction of sp³-hybridized carbons (Fsp3) is 0.227. The van der Waals surface area contributed by atoms with Crippen LogP contribution in [0, 0.1) is 5.82 Å². The molecule has 0 aliphatic carbocycles. The van der Waals surface area contributed by atoms with E-state index in [-0.39, 0.29) is 12.7 Å². The summed E-state index contributed by atoms with van der Waals surface area (Å²) >= 11 is 0. The van der Waals surface area contributed by atoms with Gasteiger partial charge in [0.15, 0.2) is 11.5 Å². The monoisotopic (exact) mass is 406 g/mol. The van der Waals surface area contributed by atoms with Crippen LogP contribution in [0.5, 0.6) is 11.5 Å². The van der Waals surface area contributed by atoms with Crippen LogP contribution in [0.15, 0.2) is 54.7 Å². The molecule has 0 spiro atoms. The summed E-state index contributed by atoms with van der Waals surface area (Å²) in [7, 11) is 0. The molecule has 1 amide bonds. The Kier molecular flexibility index (Phi) is 4.66. The summed E-state index contributed by atoms with van der Waals surface area (Å²) in [5, 5.41) is 0. The van der Waals surface area contributed by atoms with E-state index in [1.807, 2.05) is 29.2 Å². The Balaban J connectivity index is 1.29. The zero-order valence-corrected chi connectivity index (χ0v) is 16.1. The molecule has 0 bridgehead atoms. The smallest absolute Gasteiger partial charge is 0.254 e. The van der Waals surface area contributed by atoms with Gasteiger partial charge in [0.2, 0.25) is 12.7 Å². The highest BCUT2D eigenvalue weighted by molar-refractivity contribution is 5.94. The summed E-state index contributed by atoms with van der Waals surface area (Å²) in [6.45, 7) is 2.48. The van der Waals surface area contributed by atoms with Crippen molar-refractivity contribution in [1.82, 2.24) is 14.9 Å². The molecule has 0 atom stereocenters. The SMILES string of the molecule is O=C(c1cccc(F)c1)N1CCN(c2nccc(-c3ccc4c(c3)OCO4)n2)CC1. The van der Waals surface area contributed by atoms with Gasteiger partial charge in [-0.3, -0.25) is 4.79 Å². The zero-order chi connectivity index (χ0) is 20.5. The van der Waals surface area contributed by atoms with Crippen LogP contribution < -0.4 is 14.4 Å². The first-order chi connectivity index (χ1) is 14.7. The van der Waals surface area contributed by atoms with Gasteiger partial charge in [0, 0.05) is 43.5 Å². The van der Waals surface area contributed by atoms with Crippen molar-refractivity contribution in [3.05, 3.63) is 66.1 Å². The Bertz CT molecular complexity index is 1100. The third-order valence-corrected chi connectivity index (χ3v) is 5.23. The fourth-order valence-electron chi connectivity index (χ4n) is 3.63. The van der Waals surface area contributed by atoms with Gasteiger partial charge in [-0.25, -0.2) is 14.4 Å². The van der Waals surface area contributed by atoms with Crippen LogP contribution in [0.3, 0.4) is 0 Å². The third-order valence-electron chi connectivity index (χ3n) is 5.23. The second-order valence-electron chi connectivity index (χ2n) is 7.10. The number of anilines is 1. The van der Waals surface area contributed by atoms with Gasteiger partial charge in [-0.05, 0) is 42.5 Å². The largest absolute Gasteiger partial charge is 0.454 e. The molecule has 5 rings (SSSR count). The number of benzene rings is 2. The van der Waals surface area contributed by atoms with Crippen molar-refractivity contribution in [3.63, 3.8) is 0 Å². The predicted molar refractivity (Wildman–Crippen MR) is 108 cm³/mol. The number of fused-ring (bicyclic) bond motifs is 1. The van der Waals surface area contributed by atoms with Crippen molar-refractivity contribution in [3.8, 4) is 22.8 Å². The van der Waals surface area contributed by atoms with E-state index in [4.69, 9.17) is 14.5 Å². The maximum atomic E-state index is 13.4. The van der Waals surface area contributed by atoms with Crippen molar-refractivity contribution in [2.45, 2.75) is 0 Å². The van der Waals surface area contributed by atoms with Gasteiger partial charge in [-0.2, -0.15) is 0 Å². The number of hydrogen-bond donors (Lipinski definition) is 0. The maximum Gasteiger partial charge on any atom is 0.254 e. The molecule has 0 N–H and O–H groups in total. The van der Waals surface area contributed by atoms with E-state index in [0.29, 0.717) is 43.4 Å². The average molecular weight is 406 g/mol. The van der Waals surface area contributed by atoms with E-state index >= 15 is 0 Å². The molecule has 7 nitrogen and oxygen atoms in total. The van der Waals surface area contributed by atoms with Crippen molar-refractivity contribution in [2.24, 2.45) is 0 Å². The topological polar surface area (TPSA) is 67.8 Å². The minimum atomic E-state index is -0.409. The molecule has 1 aromatic heterocycles. The summed E-state index contributed by atoms with van der Waals surface area (Å²) in [6.07, 6.45) is 1.73. The Hall–Kier alpha value is -3.68. The van der Waals surface area contributed by atoms with Crippen LogP contribution in [-0.2, 0) is 0 Å². The molecule has 1 saturated heterocycles. The minimum absolute atomic E-state index is 0.163. The number of halogens is 1. The molecule has 2 aromatic carbocycles. The van der Waals surface area contributed by atoms with E-state index in [1.165, 1.54) is 12.1 Å². The lowest BCUT2D eigenvalue weighted by Gasteiger charge is -2.34. The first-order valence-electron chi connectivity index (χ1n) is 9.70. The number of carbonyl (C=O) groups is 1. The second-order valence-corrected chi connectivity index (χ2v) is 7.10. The predicted octanol–water partition coefficient (Wildman–Crippen LogP) is 2.97. The molecule has 30 heavy (non-hydrogen) atoms. The van der Waals surface area contributed by atoms with Crippen molar-refractivity contribution in [2.75, 3.05) is 37.9 Å². The molecular formula is C22H19FN4O3. The molecule has 2 aliphatic rings. The fourth-order valence-corrected chi connectivity index (χ4v) is 3.63. The molecule has 152 valence electrons. The van der Waals surface area contributed by atoms with Crippen LogP contribution in [0.1, 0.15) is 10.4 Å². The zero-order valence-electron chi connectivity index (χ0n) is 16.1. The van der Waals surface area contributed by atoms with Gasteiger partial charge < -0.3 is 19.3 Å². The van der Waals surface area contributed by atoms with Gasteiger partial charge in [0.1, 0.15) is 5.82 Å². The molecule has 1 fully saturated rings. The molecule has 8 heteroatoms. The number of carbonyl (C=O) groups excluding carboxylic acids is 1. The Morgan fingerprint density at radius 1 is 0.967 bits per heavy atom. The lowest BCUT2D eigenvalue weighted by Crippen LogP contribution is -2.49. The summed E-state index contributed by atoms with van der Waals surface area (Å²) in [5.41, 5.74) is 2.07. The molecule has 0 saturated carbocycles. The number of rotatable bonds is 3. The molecule has 3 aromatic rings. The lowest BCUT2D eigenvalue weighted by molar-refractivity contribution is 0.0745. The van der Waals surface area contributed by atoms with Crippen molar-refractivity contribution >= 4 is 11.9 Å². The van der Waals surface area contributed by atoms with Gasteiger partial charge in [0.05, 0.1) is 5.69 Å². The second kappa shape index (κ2) is 7.62. The highest BCUT2D eigenvalue weighted by Gasteiger charge is 2.24. The minimum Gasteiger partial charge on any atom is -0.454 e. The highest BCUT2D eigenvalue weighted by atomic mass is 19.1. The molecule has 0 radical (unpaired) electrons.